The van der Waals surface area contributed by atoms with E-state index < -0.39 is 11.7 Å². The molecule has 1 aromatic carbocycles. The molecule has 0 unspecified atom stereocenters. The maximum absolute atomic E-state index is 12.3. The number of carbonyl (C=O) groups excluding carboxylic acids is 2. The highest BCUT2D eigenvalue weighted by Gasteiger charge is 2.21. The average Bonchev–Trinajstić information content (AvgIpc) is 3.12. The van der Waals surface area contributed by atoms with E-state index in [0.29, 0.717) is 10.9 Å². The molecule has 3 rings (SSSR count). The van der Waals surface area contributed by atoms with Crippen molar-refractivity contribution in [3.63, 3.8) is 0 Å². The molecule has 0 bridgehead atoms. The van der Waals surface area contributed by atoms with Gasteiger partial charge in [0.1, 0.15) is 11.2 Å². The van der Waals surface area contributed by atoms with Gasteiger partial charge in [0.05, 0.1) is 23.0 Å². The number of amides is 1. The first kappa shape index (κ1) is 13.7. The molecule has 3 aromatic rings. The summed E-state index contributed by atoms with van der Waals surface area (Å²) in [7, 11) is 0. The van der Waals surface area contributed by atoms with E-state index in [2.05, 4.69) is 20.7 Å². The number of H-pyrrole nitrogens is 1. The number of hydrogen-bond donors (Lipinski definition) is 3. The summed E-state index contributed by atoms with van der Waals surface area (Å²) in [5.41, 5.74) is 0.628. The molecular formula is C14H11N5O3. The molecule has 0 aliphatic carbocycles. The lowest BCUT2D eigenvalue weighted by Crippen LogP contribution is -2.16. The number of nitrogens with zero attached hydrogens (tertiary/aromatic N) is 2. The summed E-state index contributed by atoms with van der Waals surface area (Å²) in [4.78, 5) is 24.1. The van der Waals surface area contributed by atoms with Crippen LogP contribution in [0.1, 0.15) is 28.0 Å². The van der Waals surface area contributed by atoms with Crippen molar-refractivity contribution in [1.29, 1.82) is 5.41 Å². The summed E-state index contributed by atoms with van der Waals surface area (Å²) < 4.78 is 5.05. The summed E-state index contributed by atoms with van der Waals surface area (Å²) in [6, 6.07) is 6.98. The predicted octanol–water partition coefficient (Wildman–Crippen LogP) is 2.03. The number of nitrogens with one attached hydrogen (secondary N) is 3. The molecule has 0 saturated carbocycles. The minimum Gasteiger partial charge on any atom is -0.350 e. The highest BCUT2D eigenvalue weighted by atomic mass is 16.5. The Morgan fingerprint density at radius 1 is 1.32 bits per heavy atom. The van der Waals surface area contributed by atoms with Crippen LogP contribution in [0.4, 0.5) is 5.69 Å². The van der Waals surface area contributed by atoms with Crippen LogP contribution in [0, 0.1) is 5.41 Å². The van der Waals surface area contributed by atoms with Crippen molar-refractivity contribution in [3.8, 4) is 0 Å². The Labute approximate surface area is 124 Å². The lowest BCUT2D eigenvalue weighted by Gasteiger charge is -2.02. The van der Waals surface area contributed by atoms with Crippen LogP contribution in [-0.2, 0) is 0 Å². The van der Waals surface area contributed by atoms with Crippen LogP contribution < -0.4 is 5.32 Å². The largest absolute Gasteiger partial charge is 0.350 e. The van der Waals surface area contributed by atoms with E-state index in [0.717, 1.165) is 0 Å². The summed E-state index contributed by atoms with van der Waals surface area (Å²) >= 11 is 0. The second kappa shape index (κ2) is 5.24. The summed E-state index contributed by atoms with van der Waals surface area (Å²) in [6.45, 7) is 1.36. The molecule has 1 amide bonds. The van der Waals surface area contributed by atoms with Gasteiger partial charge < -0.3 is 15.2 Å². The summed E-state index contributed by atoms with van der Waals surface area (Å²) in [5.74, 6) is -1.05. The Morgan fingerprint density at radius 3 is 2.86 bits per heavy atom. The number of hydrogen-bond acceptors (Lipinski definition) is 6. The fourth-order valence-electron chi connectivity index (χ4n) is 1.97. The number of Topliss-reactive ketones (excluding diaryl/α,β-unsaturated/α-hetero) is 1. The number of aromatic nitrogens is 3. The molecule has 3 N–H and O–H groups in total. The van der Waals surface area contributed by atoms with E-state index in [9.17, 15) is 9.59 Å². The molecule has 2 aromatic heterocycles. The highest BCUT2D eigenvalue weighted by molar-refractivity contribution is 6.44. The maximum Gasteiger partial charge on any atom is 0.295 e. The SMILES string of the molecule is CC(=N)C(=O)c1[nH]ncc1NC(=O)c1onc2ccccc12. The number of benzene rings is 1. The Balaban J connectivity index is 1.91. The van der Waals surface area contributed by atoms with E-state index in [-0.39, 0.29) is 22.9 Å². The Bertz CT molecular complexity index is 893. The Hall–Kier alpha value is -3.29. The molecule has 8 heteroatoms. The van der Waals surface area contributed by atoms with E-state index in [1.807, 2.05) is 0 Å². The molecule has 0 aliphatic heterocycles. The molecule has 0 fully saturated rings. The van der Waals surface area contributed by atoms with Gasteiger partial charge in [0.2, 0.25) is 11.5 Å². The van der Waals surface area contributed by atoms with Gasteiger partial charge >= 0.3 is 0 Å². The van der Waals surface area contributed by atoms with Gasteiger partial charge in [-0.05, 0) is 19.1 Å². The second-order valence-electron chi connectivity index (χ2n) is 4.60. The van der Waals surface area contributed by atoms with Crippen molar-refractivity contribution in [1.82, 2.24) is 15.4 Å². The van der Waals surface area contributed by atoms with Gasteiger partial charge in [0.15, 0.2) is 0 Å². The topological polar surface area (TPSA) is 125 Å². The first-order valence-electron chi connectivity index (χ1n) is 6.37. The van der Waals surface area contributed by atoms with Crippen LogP contribution in [0.5, 0.6) is 0 Å². The van der Waals surface area contributed by atoms with Crippen molar-refractivity contribution in [2.24, 2.45) is 0 Å². The van der Waals surface area contributed by atoms with Crippen LogP contribution in [0.15, 0.2) is 35.0 Å². The molecule has 110 valence electrons. The zero-order chi connectivity index (χ0) is 15.7. The lowest BCUT2D eigenvalue weighted by atomic mass is 10.1. The van der Waals surface area contributed by atoms with Crippen molar-refractivity contribution in [2.75, 3.05) is 5.32 Å². The summed E-state index contributed by atoms with van der Waals surface area (Å²) in [6.07, 6.45) is 1.30. The molecule has 0 saturated heterocycles. The van der Waals surface area contributed by atoms with Gasteiger partial charge in [0.25, 0.3) is 5.91 Å². The van der Waals surface area contributed by atoms with Crippen LogP contribution in [0.2, 0.25) is 0 Å². The van der Waals surface area contributed by atoms with Gasteiger partial charge in [-0.2, -0.15) is 5.10 Å². The second-order valence-corrected chi connectivity index (χ2v) is 4.60. The van der Waals surface area contributed by atoms with Crippen molar-refractivity contribution in [3.05, 3.63) is 41.9 Å². The van der Waals surface area contributed by atoms with Gasteiger partial charge in [-0.3, -0.25) is 14.7 Å². The molecule has 22 heavy (non-hydrogen) atoms. The fraction of sp³-hybridized carbons (Fsp3) is 0.0714. The molecule has 0 radical (unpaired) electrons. The van der Waals surface area contributed by atoms with E-state index in [4.69, 9.17) is 9.93 Å². The van der Waals surface area contributed by atoms with Crippen LogP contribution >= 0.6 is 0 Å². The normalized spacial score (nSPS) is 10.6. The third-order valence-electron chi connectivity index (χ3n) is 3.05. The standard InChI is InChI=1S/C14H11N5O3/c1-7(15)12(20)11-10(6-16-18-11)17-14(21)13-8-4-2-3-5-9(8)19-22-13/h2-6,15H,1H3,(H,16,18)(H,17,21). The van der Waals surface area contributed by atoms with Gasteiger partial charge in [0, 0.05) is 0 Å². The average molecular weight is 297 g/mol. The number of fused-ring (bicyclic) bond motifs is 1. The van der Waals surface area contributed by atoms with E-state index >= 15 is 0 Å². The van der Waals surface area contributed by atoms with Crippen molar-refractivity contribution < 1.29 is 14.1 Å². The zero-order valence-corrected chi connectivity index (χ0v) is 11.5. The Kier molecular flexibility index (Phi) is 3.26. The molecule has 2 heterocycles. The maximum atomic E-state index is 12.3. The number of carbonyl (C=O) groups is 2. The fourth-order valence-corrected chi connectivity index (χ4v) is 1.97. The lowest BCUT2D eigenvalue weighted by molar-refractivity contribution is 0.0990. The first-order valence-corrected chi connectivity index (χ1v) is 6.37. The van der Waals surface area contributed by atoms with Gasteiger partial charge in [-0.1, -0.05) is 17.3 Å². The predicted molar refractivity (Wildman–Crippen MR) is 78.3 cm³/mol. The monoisotopic (exact) mass is 297 g/mol. The number of ketones is 1. The molecule has 0 spiro atoms. The zero-order valence-electron chi connectivity index (χ0n) is 11.5. The Morgan fingerprint density at radius 2 is 2.09 bits per heavy atom. The quantitative estimate of drug-likeness (QED) is 0.502. The minimum atomic E-state index is -0.549. The van der Waals surface area contributed by atoms with E-state index in [1.54, 1.807) is 24.3 Å². The van der Waals surface area contributed by atoms with Crippen molar-refractivity contribution >= 4 is 34.0 Å². The number of rotatable bonds is 4. The highest BCUT2D eigenvalue weighted by Crippen LogP contribution is 2.20. The van der Waals surface area contributed by atoms with Crippen LogP contribution in [-0.4, -0.2) is 32.8 Å². The van der Waals surface area contributed by atoms with Gasteiger partial charge in [-0.15, -0.1) is 0 Å². The molecular weight excluding hydrogens is 286 g/mol. The smallest absolute Gasteiger partial charge is 0.295 e. The van der Waals surface area contributed by atoms with Crippen LogP contribution in [0.3, 0.4) is 0 Å². The van der Waals surface area contributed by atoms with E-state index in [1.165, 1.54) is 13.1 Å². The minimum absolute atomic E-state index is 0.0433. The molecule has 0 atom stereocenters. The van der Waals surface area contributed by atoms with Gasteiger partial charge in [-0.25, -0.2) is 0 Å². The molecule has 0 aliphatic rings. The number of aromatic amines is 1. The third-order valence-corrected chi connectivity index (χ3v) is 3.05. The van der Waals surface area contributed by atoms with Crippen LogP contribution in [0.25, 0.3) is 10.9 Å². The van der Waals surface area contributed by atoms with Crippen molar-refractivity contribution in [2.45, 2.75) is 6.92 Å². The molecule has 8 nitrogen and oxygen atoms in total. The summed E-state index contributed by atoms with van der Waals surface area (Å²) in [5, 5.41) is 20.5. The first-order chi connectivity index (χ1) is 10.6. The third kappa shape index (κ3) is 2.26. The number of anilines is 1.